The smallest absolute Gasteiger partial charge is 0.224 e. The summed E-state index contributed by atoms with van der Waals surface area (Å²) < 4.78 is 18.9. The Morgan fingerprint density at radius 3 is 2.52 bits per heavy atom. The molecule has 2 aliphatic heterocycles. The Morgan fingerprint density at radius 1 is 1.07 bits per heavy atom. The lowest BCUT2D eigenvalue weighted by atomic mass is 9.94. The molecule has 5 nitrogen and oxygen atoms in total. The van der Waals surface area contributed by atoms with Gasteiger partial charge >= 0.3 is 0 Å². The molecule has 0 bridgehead atoms. The highest BCUT2D eigenvalue weighted by Gasteiger charge is 2.33. The van der Waals surface area contributed by atoms with Gasteiger partial charge in [0.25, 0.3) is 0 Å². The quantitative estimate of drug-likeness (QED) is 0.793. The number of hydrogen-bond donors (Lipinski definition) is 1. The lowest BCUT2D eigenvalue weighted by Crippen LogP contribution is -2.45. The second-order valence-corrected chi connectivity index (χ2v) is 8.73. The van der Waals surface area contributed by atoms with E-state index in [4.69, 9.17) is 4.74 Å². The largest absolute Gasteiger partial charge is 0.379 e. The molecule has 2 saturated heterocycles. The van der Waals surface area contributed by atoms with E-state index in [-0.39, 0.29) is 23.7 Å². The first kappa shape index (κ1) is 20.8. The number of benzene rings is 1. The number of halogens is 1. The number of nitrogens with one attached hydrogen (secondary N) is 1. The van der Waals surface area contributed by atoms with Crippen LogP contribution in [-0.2, 0) is 9.53 Å². The van der Waals surface area contributed by atoms with Crippen LogP contribution in [0.4, 0.5) is 4.39 Å². The van der Waals surface area contributed by atoms with Crippen LogP contribution in [0, 0.1) is 11.7 Å². The van der Waals surface area contributed by atoms with Crippen molar-refractivity contribution in [3.05, 3.63) is 35.6 Å². The van der Waals surface area contributed by atoms with Crippen molar-refractivity contribution in [2.24, 2.45) is 5.92 Å². The number of nitrogens with zero attached hydrogens (tertiary/aromatic N) is 2. The van der Waals surface area contributed by atoms with Crippen LogP contribution < -0.4 is 5.32 Å². The van der Waals surface area contributed by atoms with E-state index in [9.17, 15) is 9.18 Å². The number of amides is 1. The predicted octanol–water partition coefficient (Wildman–Crippen LogP) is 2.97. The summed E-state index contributed by atoms with van der Waals surface area (Å²) in [6.07, 6.45) is 7.56. The van der Waals surface area contributed by atoms with E-state index in [1.54, 1.807) is 0 Å². The molecule has 0 spiro atoms. The van der Waals surface area contributed by atoms with Crippen LogP contribution in [0.25, 0.3) is 0 Å². The van der Waals surface area contributed by atoms with Gasteiger partial charge in [0, 0.05) is 32.2 Å². The van der Waals surface area contributed by atoms with Gasteiger partial charge in [-0.1, -0.05) is 31.4 Å². The van der Waals surface area contributed by atoms with Gasteiger partial charge in [-0.05, 0) is 43.5 Å². The molecule has 3 fully saturated rings. The van der Waals surface area contributed by atoms with E-state index in [0.29, 0.717) is 25.8 Å². The van der Waals surface area contributed by atoms with Gasteiger partial charge in [0.1, 0.15) is 5.82 Å². The first-order valence-electron chi connectivity index (χ1n) is 11.3. The van der Waals surface area contributed by atoms with Gasteiger partial charge in [-0.15, -0.1) is 0 Å². The van der Waals surface area contributed by atoms with Crippen molar-refractivity contribution in [3.63, 3.8) is 0 Å². The Bertz CT molecular complexity index is 657. The third-order valence-corrected chi connectivity index (χ3v) is 6.89. The standard InChI is InChI=1S/C23H34FN3O2/c24-20-8-6-18(7-9-20)22(26-12-14-29-15-13-26)16-25-23(28)19-10-11-27(17-19)21-4-2-1-3-5-21/h6-9,19,21-22H,1-5,10-17H2,(H,25,28)/t19-,22+/m0/s1. The zero-order valence-electron chi connectivity index (χ0n) is 17.3. The van der Waals surface area contributed by atoms with E-state index in [1.165, 1.54) is 44.2 Å². The minimum absolute atomic E-state index is 0.0549. The van der Waals surface area contributed by atoms with Crippen molar-refractivity contribution in [1.29, 1.82) is 0 Å². The van der Waals surface area contributed by atoms with Crippen molar-refractivity contribution in [2.45, 2.75) is 50.6 Å². The van der Waals surface area contributed by atoms with Crippen LogP contribution >= 0.6 is 0 Å². The fourth-order valence-corrected chi connectivity index (χ4v) is 5.15. The van der Waals surface area contributed by atoms with E-state index in [2.05, 4.69) is 15.1 Å². The summed E-state index contributed by atoms with van der Waals surface area (Å²) in [7, 11) is 0. The monoisotopic (exact) mass is 403 g/mol. The topological polar surface area (TPSA) is 44.8 Å². The first-order valence-corrected chi connectivity index (χ1v) is 11.3. The number of rotatable bonds is 6. The van der Waals surface area contributed by atoms with Crippen LogP contribution in [0.1, 0.15) is 50.1 Å². The summed E-state index contributed by atoms with van der Waals surface area (Å²) in [4.78, 5) is 17.8. The second kappa shape index (κ2) is 10.0. The number of ether oxygens (including phenoxy) is 1. The maximum absolute atomic E-state index is 13.4. The summed E-state index contributed by atoms with van der Waals surface area (Å²) in [6, 6.07) is 7.42. The molecule has 6 heteroatoms. The van der Waals surface area contributed by atoms with Crippen molar-refractivity contribution in [3.8, 4) is 0 Å². The Morgan fingerprint density at radius 2 is 1.79 bits per heavy atom. The van der Waals surface area contributed by atoms with Crippen LogP contribution in [0.2, 0.25) is 0 Å². The fraction of sp³-hybridized carbons (Fsp3) is 0.696. The second-order valence-electron chi connectivity index (χ2n) is 8.73. The molecule has 3 aliphatic rings. The van der Waals surface area contributed by atoms with E-state index < -0.39 is 0 Å². The number of carbonyl (C=O) groups is 1. The van der Waals surface area contributed by atoms with E-state index in [1.807, 2.05) is 12.1 Å². The molecule has 1 N–H and O–H groups in total. The molecule has 1 aromatic carbocycles. The minimum Gasteiger partial charge on any atom is -0.379 e. The Balaban J connectivity index is 1.34. The molecule has 160 valence electrons. The lowest BCUT2D eigenvalue weighted by Gasteiger charge is -2.35. The van der Waals surface area contributed by atoms with Crippen LogP contribution in [-0.4, -0.2) is 67.7 Å². The number of likely N-dealkylation sites (tertiary alicyclic amines) is 1. The van der Waals surface area contributed by atoms with Crippen molar-refractivity contribution >= 4 is 5.91 Å². The van der Waals surface area contributed by atoms with Gasteiger partial charge < -0.3 is 10.1 Å². The predicted molar refractivity (Wildman–Crippen MR) is 111 cm³/mol. The summed E-state index contributed by atoms with van der Waals surface area (Å²) in [5, 5.41) is 3.22. The number of hydrogen-bond acceptors (Lipinski definition) is 4. The highest BCUT2D eigenvalue weighted by Crippen LogP contribution is 2.28. The molecule has 0 unspecified atom stereocenters. The van der Waals surface area contributed by atoms with Crippen LogP contribution in [0.15, 0.2) is 24.3 Å². The molecule has 1 aliphatic carbocycles. The molecular formula is C23H34FN3O2. The van der Waals surface area contributed by atoms with Crippen molar-refractivity contribution < 1.29 is 13.9 Å². The normalized spacial score (nSPS) is 25.8. The highest BCUT2D eigenvalue weighted by atomic mass is 19.1. The van der Waals surface area contributed by atoms with Crippen molar-refractivity contribution in [2.75, 3.05) is 45.9 Å². The molecular weight excluding hydrogens is 369 g/mol. The number of morpholine rings is 1. The molecule has 1 saturated carbocycles. The van der Waals surface area contributed by atoms with Gasteiger partial charge in [0.15, 0.2) is 0 Å². The molecule has 0 radical (unpaired) electrons. The van der Waals surface area contributed by atoms with Crippen molar-refractivity contribution in [1.82, 2.24) is 15.1 Å². The molecule has 29 heavy (non-hydrogen) atoms. The third kappa shape index (κ3) is 5.36. The Labute approximate surface area is 173 Å². The molecule has 2 heterocycles. The Hall–Kier alpha value is -1.50. The molecule has 1 amide bonds. The minimum atomic E-state index is -0.229. The maximum Gasteiger partial charge on any atom is 0.224 e. The maximum atomic E-state index is 13.4. The summed E-state index contributed by atoms with van der Waals surface area (Å²) >= 11 is 0. The average molecular weight is 404 g/mol. The SMILES string of the molecule is O=C(NC[C@H](c1ccc(F)cc1)N1CCOCC1)[C@H]1CCN(C2CCCCC2)C1. The van der Waals surface area contributed by atoms with E-state index in [0.717, 1.165) is 38.2 Å². The van der Waals surface area contributed by atoms with Gasteiger partial charge in [-0.2, -0.15) is 0 Å². The number of carbonyl (C=O) groups excluding carboxylic acids is 1. The average Bonchev–Trinajstić information content (AvgIpc) is 3.27. The zero-order chi connectivity index (χ0) is 20.1. The molecule has 0 aromatic heterocycles. The van der Waals surface area contributed by atoms with Crippen LogP contribution in [0.5, 0.6) is 0 Å². The summed E-state index contributed by atoms with van der Waals surface area (Å²) in [5.41, 5.74) is 1.05. The molecule has 1 aromatic rings. The van der Waals surface area contributed by atoms with Gasteiger partial charge in [0.2, 0.25) is 5.91 Å². The highest BCUT2D eigenvalue weighted by molar-refractivity contribution is 5.79. The van der Waals surface area contributed by atoms with Gasteiger partial charge in [-0.25, -0.2) is 4.39 Å². The summed E-state index contributed by atoms with van der Waals surface area (Å²) in [5.74, 6) is 0.0337. The lowest BCUT2D eigenvalue weighted by molar-refractivity contribution is -0.125. The zero-order valence-corrected chi connectivity index (χ0v) is 17.3. The first-order chi connectivity index (χ1) is 14.2. The van der Waals surface area contributed by atoms with Gasteiger partial charge in [-0.3, -0.25) is 14.6 Å². The van der Waals surface area contributed by atoms with Gasteiger partial charge in [0.05, 0.1) is 25.2 Å². The van der Waals surface area contributed by atoms with Crippen LogP contribution in [0.3, 0.4) is 0 Å². The molecule has 2 atom stereocenters. The Kier molecular flexibility index (Phi) is 7.16. The fourth-order valence-electron chi connectivity index (χ4n) is 5.15. The molecule has 4 rings (SSSR count). The van der Waals surface area contributed by atoms with E-state index >= 15 is 0 Å². The summed E-state index contributed by atoms with van der Waals surface area (Å²) in [6.45, 7) is 5.57. The third-order valence-electron chi connectivity index (χ3n) is 6.89.